The summed E-state index contributed by atoms with van der Waals surface area (Å²) in [5.74, 6) is 0. The van der Waals surface area contributed by atoms with Gasteiger partial charge in [-0.2, -0.15) is 0 Å². The molecule has 0 radical (unpaired) electrons. The van der Waals surface area contributed by atoms with Gasteiger partial charge in [-0.25, -0.2) is 0 Å². The van der Waals surface area contributed by atoms with E-state index in [4.69, 9.17) is 18.6 Å². The van der Waals surface area contributed by atoms with Crippen LogP contribution in [0.4, 0.5) is 0 Å². The average Bonchev–Trinajstić information content (AvgIpc) is 3.32. The molecule has 0 amide bonds. The Labute approximate surface area is 136 Å². The zero-order valence-corrected chi connectivity index (χ0v) is 12.8. The van der Waals surface area contributed by atoms with Crippen LogP contribution in [-0.2, 0) is 25.0 Å². The maximum absolute atomic E-state index is 5.61. The van der Waals surface area contributed by atoms with Crippen LogP contribution < -0.4 is 10.9 Å². The van der Waals surface area contributed by atoms with E-state index in [0.717, 1.165) is 17.3 Å². The van der Waals surface area contributed by atoms with Crippen LogP contribution in [0, 0.1) is 0 Å². The highest BCUT2D eigenvalue weighted by Crippen LogP contribution is 2.35. The highest BCUT2D eigenvalue weighted by atomic mass is 16.6. The molecule has 0 atom stereocenters. The van der Waals surface area contributed by atoms with Crippen LogP contribution in [0.3, 0.4) is 0 Å². The van der Waals surface area contributed by atoms with Crippen molar-refractivity contribution in [1.82, 2.24) is 0 Å². The first-order valence-electron chi connectivity index (χ1n) is 8.11. The molecule has 4 nitrogen and oxygen atoms in total. The van der Waals surface area contributed by atoms with Gasteiger partial charge >= 0.3 is 14.2 Å². The van der Waals surface area contributed by atoms with E-state index in [9.17, 15) is 0 Å². The summed E-state index contributed by atoms with van der Waals surface area (Å²) >= 11 is 0. The fourth-order valence-electron chi connectivity index (χ4n) is 3.65. The molecule has 2 aromatic rings. The Kier molecular flexibility index (Phi) is 3.30. The molecule has 2 heterocycles. The minimum absolute atomic E-state index is 0.208. The van der Waals surface area contributed by atoms with Crippen LogP contribution in [-0.4, -0.2) is 40.7 Å². The Morgan fingerprint density at radius 2 is 1.04 bits per heavy atom. The lowest BCUT2D eigenvalue weighted by atomic mass is 9.78. The minimum Gasteiger partial charge on any atom is -0.405 e. The lowest BCUT2D eigenvalue weighted by Crippen LogP contribution is -2.31. The van der Waals surface area contributed by atoms with E-state index in [1.54, 1.807) is 0 Å². The Morgan fingerprint density at radius 3 is 1.48 bits per heavy atom. The standard InChI is InChI=1S/C17H16B2O4/c1-3-16-12(10-14(1)18-20-5-6-21-18)9-13-11-15(2-4-17(13)16)19-22-7-8-23-19/h1-4,10-11H,5-9H2. The van der Waals surface area contributed by atoms with Crippen molar-refractivity contribution >= 4 is 25.2 Å². The first-order chi connectivity index (χ1) is 11.4. The summed E-state index contributed by atoms with van der Waals surface area (Å²) in [7, 11) is -0.417. The number of rotatable bonds is 2. The molecule has 2 fully saturated rings. The molecule has 5 rings (SSSR count). The van der Waals surface area contributed by atoms with Crippen molar-refractivity contribution in [3.05, 3.63) is 47.5 Å². The van der Waals surface area contributed by atoms with Crippen molar-refractivity contribution in [1.29, 1.82) is 0 Å². The number of hydrogen-bond donors (Lipinski definition) is 0. The normalized spacial score (nSPS) is 19.3. The van der Waals surface area contributed by atoms with Gasteiger partial charge in [0.15, 0.2) is 0 Å². The van der Waals surface area contributed by atoms with Crippen LogP contribution in [0.25, 0.3) is 11.1 Å². The van der Waals surface area contributed by atoms with Crippen LogP contribution in [0.5, 0.6) is 0 Å². The highest BCUT2D eigenvalue weighted by molar-refractivity contribution is 6.62. The second kappa shape index (κ2) is 5.49. The number of benzene rings is 2. The summed E-state index contributed by atoms with van der Waals surface area (Å²) in [6.45, 7) is 2.69. The van der Waals surface area contributed by atoms with Gasteiger partial charge in [-0.3, -0.25) is 0 Å². The quantitative estimate of drug-likeness (QED) is 0.655. The van der Waals surface area contributed by atoms with E-state index in [-0.39, 0.29) is 14.2 Å². The molecule has 114 valence electrons. The molecule has 6 heteroatoms. The second-order valence-corrected chi connectivity index (χ2v) is 6.16. The predicted octanol–water partition coefficient (Wildman–Crippen LogP) is 0.742. The maximum atomic E-state index is 5.61. The molecule has 0 N–H and O–H groups in total. The fourth-order valence-corrected chi connectivity index (χ4v) is 3.65. The molecule has 0 unspecified atom stereocenters. The molecular weight excluding hydrogens is 290 g/mol. The molecule has 1 aliphatic carbocycles. The topological polar surface area (TPSA) is 36.9 Å². The van der Waals surface area contributed by atoms with Crippen molar-refractivity contribution in [2.24, 2.45) is 0 Å². The maximum Gasteiger partial charge on any atom is 0.494 e. The summed E-state index contributed by atoms with van der Waals surface area (Å²) < 4.78 is 22.4. The minimum atomic E-state index is -0.208. The van der Waals surface area contributed by atoms with E-state index in [2.05, 4.69) is 36.4 Å². The zero-order chi connectivity index (χ0) is 15.2. The van der Waals surface area contributed by atoms with Gasteiger partial charge < -0.3 is 18.6 Å². The van der Waals surface area contributed by atoms with Crippen molar-refractivity contribution < 1.29 is 18.6 Å². The molecule has 0 spiro atoms. The number of hydrogen-bond acceptors (Lipinski definition) is 4. The van der Waals surface area contributed by atoms with Gasteiger partial charge in [0.2, 0.25) is 0 Å². The Balaban J connectivity index is 1.47. The Bertz CT molecular complexity index is 689. The lowest BCUT2D eigenvalue weighted by molar-refractivity contribution is 0.365. The van der Waals surface area contributed by atoms with Crippen LogP contribution >= 0.6 is 0 Å². The van der Waals surface area contributed by atoms with E-state index in [1.807, 2.05) is 0 Å². The summed E-state index contributed by atoms with van der Waals surface area (Å²) in [5.41, 5.74) is 7.50. The van der Waals surface area contributed by atoms with E-state index in [1.165, 1.54) is 22.3 Å². The molecule has 2 aromatic carbocycles. The number of fused-ring (bicyclic) bond motifs is 3. The fraction of sp³-hybridized carbons (Fsp3) is 0.294. The summed E-state index contributed by atoms with van der Waals surface area (Å²) in [4.78, 5) is 0. The Hall–Kier alpha value is -1.59. The van der Waals surface area contributed by atoms with Gasteiger partial charge in [-0.05, 0) is 39.6 Å². The van der Waals surface area contributed by atoms with Gasteiger partial charge in [-0.15, -0.1) is 0 Å². The van der Waals surface area contributed by atoms with E-state index < -0.39 is 0 Å². The van der Waals surface area contributed by atoms with Crippen molar-refractivity contribution in [3.8, 4) is 11.1 Å². The molecule has 0 bridgehead atoms. The smallest absolute Gasteiger partial charge is 0.405 e. The first-order valence-corrected chi connectivity index (χ1v) is 8.11. The third-order valence-electron chi connectivity index (χ3n) is 4.72. The van der Waals surface area contributed by atoms with Gasteiger partial charge in [0.1, 0.15) is 0 Å². The van der Waals surface area contributed by atoms with Crippen LogP contribution in [0.2, 0.25) is 0 Å². The van der Waals surface area contributed by atoms with E-state index in [0.29, 0.717) is 26.4 Å². The van der Waals surface area contributed by atoms with Crippen molar-refractivity contribution in [2.45, 2.75) is 6.42 Å². The van der Waals surface area contributed by atoms with Gasteiger partial charge in [0.05, 0.1) is 26.4 Å². The third-order valence-corrected chi connectivity index (χ3v) is 4.72. The lowest BCUT2D eigenvalue weighted by Gasteiger charge is -2.08. The monoisotopic (exact) mass is 306 g/mol. The van der Waals surface area contributed by atoms with E-state index >= 15 is 0 Å². The molecule has 0 saturated carbocycles. The van der Waals surface area contributed by atoms with Gasteiger partial charge in [0.25, 0.3) is 0 Å². The first kappa shape index (κ1) is 13.8. The molecule has 0 aromatic heterocycles. The highest BCUT2D eigenvalue weighted by Gasteiger charge is 2.30. The molecule has 23 heavy (non-hydrogen) atoms. The summed E-state index contributed by atoms with van der Waals surface area (Å²) in [5, 5.41) is 0. The average molecular weight is 306 g/mol. The molecule has 2 saturated heterocycles. The molecule has 3 aliphatic rings. The SMILES string of the molecule is c1cc2c(cc1B1OCCO1)Cc1cc(B3OCCO3)ccc1-2. The van der Waals surface area contributed by atoms with Crippen molar-refractivity contribution in [2.75, 3.05) is 26.4 Å². The molecular formula is C17H16B2O4. The van der Waals surface area contributed by atoms with Gasteiger partial charge in [0, 0.05) is 0 Å². The third kappa shape index (κ3) is 2.34. The Morgan fingerprint density at radius 1 is 0.609 bits per heavy atom. The van der Waals surface area contributed by atoms with Crippen LogP contribution in [0.15, 0.2) is 36.4 Å². The molecule has 2 aliphatic heterocycles. The second-order valence-electron chi connectivity index (χ2n) is 6.16. The largest absolute Gasteiger partial charge is 0.494 e. The van der Waals surface area contributed by atoms with Gasteiger partial charge in [-0.1, -0.05) is 36.4 Å². The summed E-state index contributed by atoms with van der Waals surface area (Å²) in [6.07, 6.45) is 0.936. The van der Waals surface area contributed by atoms with Crippen molar-refractivity contribution in [3.63, 3.8) is 0 Å². The zero-order valence-electron chi connectivity index (χ0n) is 12.8. The van der Waals surface area contributed by atoms with Crippen LogP contribution in [0.1, 0.15) is 11.1 Å². The summed E-state index contributed by atoms with van der Waals surface area (Å²) in [6, 6.07) is 13.0. The predicted molar refractivity (Wildman–Crippen MR) is 89.3 cm³/mol.